The predicted octanol–water partition coefficient (Wildman–Crippen LogP) is 3.59. The average Bonchev–Trinajstić information content (AvgIpc) is 2.29. The monoisotopic (exact) mass is 234 g/mol. The molecule has 0 aliphatic carbocycles. The number of halogens is 2. The van der Waals surface area contributed by atoms with Crippen LogP contribution in [0.2, 0.25) is 0 Å². The Morgan fingerprint density at radius 1 is 0.882 bits per heavy atom. The highest BCUT2D eigenvalue weighted by molar-refractivity contribution is 5.24. The fourth-order valence-corrected chi connectivity index (χ4v) is 1.54. The van der Waals surface area contributed by atoms with E-state index in [4.69, 9.17) is 4.74 Å². The maximum absolute atomic E-state index is 12.9. The molecule has 0 heterocycles. The van der Waals surface area contributed by atoms with Gasteiger partial charge in [-0.3, -0.25) is 0 Å². The first-order valence-corrected chi connectivity index (χ1v) is 5.37. The smallest absolute Gasteiger partial charge is 0.129 e. The van der Waals surface area contributed by atoms with Crippen LogP contribution < -0.4 is 4.74 Å². The summed E-state index contributed by atoms with van der Waals surface area (Å²) in [6.45, 7) is 0.396. The Hall–Kier alpha value is -1.90. The third-order valence-electron chi connectivity index (χ3n) is 2.34. The molecule has 0 aliphatic heterocycles. The van der Waals surface area contributed by atoms with Gasteiger partial charge in [0.2, 0.25) is 0 Å². The Bertz CT molecular complexity index is 463. The number of hydrogen-bond donors (Lipinski definition) is 0. The first kappa shape index (κ1) is 11.6. The maximum Gasteiger partial charge on any atom is 0.129 e. The molecule has 0 bridgehead atoms. The van der Waals surface area contributed by atoms with Crippen LogP contribution in [0.1, 0.15) is 5.56 Å². The lowest BCUT2D eigenvalue weighted by Gasteiger charge is -2.06. The summed E-state index contributed by atoms with van der Waals surface area (Å²) in [6.07, 6.45) is 0.707. The minimum Gasteiger partial charge on any atom is -0.493 e. The van der Waals surface area contributed by atoms with E-state index in [1.165, 1.54) is 12.1 Å². The molecule has 0 unspecified atom stereocenters. The summed E-state index contributed by atoms with van der Waals surface area (Å²) in [5, 5.41) is 0. The molecular formula is C14H12F2O. The molecule has 17 heavy (non-hydrogen) atoms. The van der Waals surface area contributed by atoms with Gasteiger partial charge in [0.1, 0.15) is 17.4 Å². The van der Waals surface area contributed by atoms with Gasteiger partial charge in [-0.1, -0.05) is 30.3 Å². The van der Waals surface area contributed by atoms with Crippen LogP contribution in [0, 0.1) is 11.6 Å². The van der Waals surface area contributed by atoms with E-state index in [0.29, 0.717) is 13.0 Å². The fourth-order valence-electron chi connectivity index (χ4n) is 1.54. The summed E-state index contributed by atoms with van der Waals surface area (Å²) in [5.41, 5.74) is 1.13. The summed E-state index contributed by atoms with van der Waals surface area (Å²) >= 11 is 0. The molecular weight excluding hydrogens is 222 g/mol. The van der Waals surface area contributed by atoms with Crippen molar-refractivity contribution >= 4 is 0 Å². The molecule has 0 atom stereocenters. The lowest BCUT2D eigenvalue weighted by Crippen LogP contribution is -2.01. The third kappa shape index (κ3) is 3.55. The van der Waals surface area contributed by atoms with Crippen LogP contribution in [0.4, 0.5) is 8.78 Å². The Kier molecular flexibility index (Phi) is 3.70. The zero-order chi connectivity index (χ0) is 12.1. The molecule has 0 amide bonds. The summed E-state index contributed by atoms with van der Waals surface area (Å²) < 4.78 is 31.0. The van der Waals surface area contributed by atoms with Gasteiger partial charge in [-0.15, -0.1) is 0 Å². The SMILES string of the molecule is Fc1cc(F)cc(OCCc2ccccc2)c1. The van der Waals surface area contributed by atoms with E-state index in [-0.39, 0.29) is 5.75 Å². The van der Waals surface area contributed by atoms with Crippen molar-refractivity contribution in [3.8, 4) is 5.75 Å². The van der Waals surface area contributed by atoms with Crippen LogP contribution >= 0.6 is 0 Å². The van der Waals surface area contributed by atoms with Crippen molar-refractivity contribution in [2.45, 2.75) is 6.42 Å². The Balaban J connectivity index is 1.90. The van der Waals surface area contributed by atoms with Gasteiger partial charge in [-0.25, -0.2) is 8.78 Å². The van der Waals surface area contributed by atoms with Crippen LogP contribution in [0.5, 0.6) is 5.75 Å². The quantitative estimate of drug-likeness (QED) is 0.785. The van der Waals surface area contributed by atoms with Crippen LogP contribution in [0.25, 0.3) is 0 Å². The van der Waals surface area contributed by atoms with Gasteiger partial charge in [0.05, 0.1) is 6.61 Å². The molecule has 0 spiro atoms. The van der Waals surface area contributed by atoms with Gasteiger partial charge in [-0.2, -0.15) is 0 Å². The van der Waals surface area contributed by atoms with E-state index < -0.39 is 11.6 Å². The molecule has 88 valence electrons. The second-order valence-electron chi connectivity index (χ2n) is 3.69. The molecule has 2 aromatic rings. The van der Waals surface area contributed by atoms with Crippen molar-refractivity contribution in [2.24, 2.45) is 0 Å². The lowest BCUT2D eigenvalue weighted by molar-refractivity contribution is 0.318. The molecule has 0 saturated heterocycles. The zero-order valence-corrected chi connectivity index (χ0v) is 9.20. The van der Waals surface area contributed by atoms with Crippen molar-refractivity contribution in [1.29, 1.82) is 0 Å². The van der Waals surface area contributed by atoms with Gasteiger partial charge in [0, 0.05) is 24.6 Å². The van der Waals surface area contributed by atoms with Gasteiger partial charge in [-0.05, 0) is 5.56 Å². The molecule has 2 rings (SSSR count). The van der Waals surface area contributed by atoms with E-state index in [1.807, 2.05) is 30.3 Å². The average molecular weight is 234 g/mol. The van der Waals surface area contributed by atoms with Gasteiger partial charge < -0.3 is 4.74 Å². The minimum absolute atomic E-state index is 0.221. The maximum atomic E-state index is 12.9. The lowest BCUT2D eigenvalue weighted by atomic mass is 10.2. The summed E-state index contributed by atoms with van der Waals surface area (Å²) in [6, 6.07) is 13.0. The zero-order valence-electron chi connectivity index (χ0n) is 9.20. The highest BCUT2D eigenvalue weighted by Crippen LogP contribution is 2.15. The third-order valence-corrected chi connectivity index (χ3v) is 2.34. The molecule has 0 saturated carbocycles. The van der Waals surface area contributed by atoms with E-state index >= 15 is 0 Å². The van der Waals surface area contributed by atoms with Crippen molar-refractivity contribution in [2.75, 3.05) is 6.61 Å². The Morgan fingerprint density at radius 2 is 1.53 bits per heavy atom. The summed E-state index contributed by atoms with van der Waals surface area (Å²) in [4.78, 5) is 0. The van der Waals surface area contributed by atoms with Crippen LogP contribution in [0.15, 0.2) is 48.5 Å². The van der Waals surface area contributed by atoms with Crippen molar-refractivity contribution in [1.82, 2.24) is 0 Å². The van der Waals surface area contributed by atoms with Gasteiger partial charge in [0.15, 0.2) is 0 Å². The molecule has 2 aromatic carbocycles. The van der Waals surface area contributed by atoms with Gasteiger partial charge in [0.25, 0.3) is 0 Å². The fraction of sp³-hybridized carbons (Fsp3) is 0.143. The van der Waals surface area contributed by atoms with E-state index in [1.54, 1.807) is 0 Å². The van der Waals surface area contributed by atoms with E-state index in [0.717, 1.165) is 11.6 Å². The van der Waals surface area contributed by atoms with Crippen LogP contribution in [0.3, 0.4) is 0 Å². The minimum atomic E-state index is -0.625. The number of benzene rings is 2. The summed E-state index contributed by atoms with van der Waals surface area (Å²) in [5.74, 6) is -1.03. The highest BCUT2D eigenvalue weighted by atomic mass is 19.1. The van der Waals surface area contributed by atoms with Gasteiger partial charge >= 0.3 is 0 Å². The Labute approximate surface area is 98.7 Å². The van der Waals surface area contributed by atoms with Crippen molar-refractivity contribution in [3.05, 3.63) is 65.7 Å². The molecule has 0 aromatic heterocycles. The van der Waals surface area contributed by atoms with E-state index in [2.05, 4.69) is 0 Å². The highest BCUT2D eigenvalue weighted by Gasteiger charge is 2.01. The van der Waals surface area contributed by atoms with Crippen LogP contribution in [-0.2, 0) is 6.42 Å². The second kappa shape index (κ2) is 5.43. The predicted molar refractivity (Wildman–Crippen MR) is 62.0 cm³/mol. The van der Waals surface area contributed by atoms with E-state index in [9.17, 15) is 8.78 Å². The second-order valence-corrected chi connectivity index (χ2v) is 3.69. The van der Waals surface area contributed by atoms with Crippen molar-refractivity contribution in [3.63, 3.8) is 0 Å². The summed E-state index contributed by atoms with van der Waals surface area (Å²) in [7, 11) is 0. The van der Waals surface area contributed by atoms with Crippen molar-refractivity contribution < 1.29 is 13.5 Å². The molecule has 3 heteroatoms. The Morgan fingerprint density at radius 3 is 2.18 bits per heavy atom. The number of rotatable bonds is 4. The number of hydrogen-bond acceptors (Lipinski definition) is 1. The largest absolute Gasteiger partial charge is 0.493 e. The normalized spacial score (nSPS) is 10.2. The molecule has 0 N–H and O–H groups in total. The molecule has 0 radical (unpaired) electrons. The molecule has 0 aliphatic rings. The standard InChI is InChI=1S/C14H12F2O/c15-12-8-13(16)10-14(9-12)17-7-6-11-4-2-1-3-5-11/h1-5,8-10H,6-7H2. The topological polar surface area (TPSA) is 9.23 Å². The molecule has 1 nitrogen and oxygen atoms in total. The first-order valence-electron chi connectivity index (χ1n) is 5.37. The number of ether oxygens (including phenoxy) is 1. The molecule has 0 fully saturated rings. The first-order chi connectivity index (χ1) is 8.24. The van der Waals surface area contributed by atoms with Crippen LogP contribution in [-0.4, -0.2) is 6.61 Å².